The number of Topliss-reactive ketones (excluding diaryl/α,β-unsaturated/α-hetero) is 1. The number of hydrogen-bond donors (Lipinski definition) is 0. The number of hydrogen-bond acceptors (Lipinski definition) is 6. The van der Waals surface area contributed by atoms with Gasteiger partial charge in [0.15, 0.2) is 5.78 Å². The molecule has 3 aromatic rings. The largest absolute Gasteiger partial charge is 0.416 e. The lowest BCUT2D eigenvalue weighted by atomic mass is 9.96. The van der Waals surface area contributed by atoms with Crippen LogP contribution in [0.1, 0.15) is 33.6 Å². The quantitative estimate of drug-likeness (QED) is 0.573. The van der Waals surface area contributed by atoms with Gasteiger partial charge in [-0.05, 0) is 36.6 Å². The molecule has 10 heteroatoms. The highest BCUT2D eigenvalue weighted by molar-refractivity contribution is 7.20. The highest BCUT2D eigenvalue weighted by Gasteiger charge is 2.31. The lowest BCUT2D eigenvalue weighted by Crippen LogP contribution is -2.47. The molecule has 6 nitrogen and oxygen atoms in total. The summed E-state index contributed by atoms with van der Waals surface area (Å²) in [5.41, 5.74) is 0.691. The normalized spacial score (nSPS) is 17.5. The summed E-state index contributed by atoms with van der Waals surface area (Å²) >= 11 is 1.32. The molecule has 1 fully saturated rings. The van der Waals surface area contributed by atoms with Crippen molar-refractivity contribution < 1.29 is 18.0 Å². The van der Waals surface area contributed by atoms with Gasteiger partial charge in [-0.25, -0.2) is 4.98 Å². The second kappa shape index (κ2) is 8.57. The molecule has 0 saturated carbocycles. The molecule has 33 heavy (non-hydrogen) atoms. The second-order valence-electron chi connectivity index (χ2n) is 8.49. The van der Waals surface area contributed by atoms with E-state index in [9.17, 15) is 22.8 Å². The topological polar surface area (TPSA) is 58.4 Å². The number of nitrogens with zero attached hydrogens (tertiary/aromatic N) is 4. The maximum absolute atomic E-state index is 13.1. The Morgan fingerprint density at radius 3 is 2.58 bits per heavy atom. The summed E-state index contributed by atoms with van der Waals surface area (Å²) < 4.78 is 40.6. The number of carbonyl (C=O) groups is 1. The lowest BCUT2D eigenvalue weighted by molar-refractivity contribution is -0.137. The maximum atomic E-state index is 13.1. The molecule has 0 N–H and O–H groups in total. The Kier molecular flexibility index (Phi) is 5.74. The number of aromatic nitrogens is 2. The van der Waals surface area contributed by atoms with Gasteiger partial charge in [0, 0.05) is 51.4 Å². The van der Waals surface area contributed by atoms with Crippen LogP contribution in [0.25, 0.3) is 10.2 Å². The minimum Gasteiger partial charge on any atom is -0.369 e. The van der Waals surface area contributed by atoms with Crippen LogP contribution in [-0.4, -0.2) is 53.0 Å². The third-order valence-corrected chi connectivity index (χ3v) is 7.61. The number of thiophene rings is 1. The molecule has 0 unspecified atom stereocenters. The molecule has 174 valence electrons. The summed E-state index contributed by atoms with van der Waals surface area (Å²) in [7, 11) is 0. The first kappa shape index (κ1) is 22.1. The van der Waals surface area contributed by atoms with E-state index in [1.807, 2.05) is 4.90 Å². The van der Waals surface area contributed by atoms with Crippen molar-refractivity contribution in [1.29, 1.82) is 0 Å². The first-order chi connectivity index (χ1) is 15.8. The molecule has 5 rings (SSSR count). The fourth-order valence-corrected chi connectivity index (χ4v) is 5.75. The number of fused-ring (bicyclic) bond motifs is 3. The predicted molar refractivity (Wildman–Crippen MR) is 121 cm³/mol. The molecule has 0 bridgehead atoms. The lowest BCUT2D eigenvalue weighted by Gasteiger charge is -2.36. The molecule has 0 amide bonds. The minimum atomic E-state index is -4.35. The van der Waals surface area contributed by atoms with Gasteiger partial charge in [-0.3, -0.25) is 19.1 Å². The molecular weight excluding hydrogens is 453 g/mol. The number of aryl methyl sites for hydroxylation is 1. The molecule has 0 atom stereocenters. The summed E-state index contributed by atoms with van der Waals surface area (Å²) in [4.78, 5) is 35.2. The van der Waals surface area contributed by atoms with Gasteiger partial charge in [-0.2, -0.15) is 13.2 Å². The average molecular weight is 477 g/mol. The Hall–Kier alpha value is -2.72. The van der Waals surface area contributed by atoms with Crippen molar-refractivity contribution in [3.05, 3.63) is 57.0 Å². The summed E-state index contributed by atoms with van der Waals surface area (Å²) in [5, 5.41) is 0.583. The van der Waals surface area contributed by atoms with E-state index in [4.69, 9.17) is 0 Å². The number of halogens is 3. The number of benzene rings is 1. The smallest absolute Gasteiger partial charge is 0.369 e. The highest BCUT2D eigenvalue weighted by Crippen LogP contribution is 2.34. The summed E-state index contributed by atoms with van der Waals surface area (Å²) in [6.07, 6.45) is -0.770. The zero-order valence-electron chi connectivity index (χ0n) is 17.9. The first-order valence-electron chi connectivity index (χ1n) is 11.0. The second-order valence-corrected chi connectivity index (χ2v) is 9.49. The summed E-state index contributed by atoms with van der Waals surface area (Å²) in [6, 6.07) is 5.43. The summed E-state index contributed by atoms with van der Waals surface area (Å²) in [6.45, 7) is 3.76. The van der Waals surface area contributed by atoms with Gasteiger partial charge in [0.1, 0.15) is 4.83 Å². The highest BCUT2D eigenvalue weighted by atomic mass is 32.1. The number of ketones is 1. The number of rotatable bonds is 4. The fraction of sp³-hybridized carbons (Fsp3) is 0.435. The van der Waals surface area contributed by atoms with E-state index in [0.29, 0.717) is 66.5 Å². The van der Waals surface area contributed by atoms with Crippen molar-refractivity contribution in [2.45, 2.75) is 32.0 Å². The van der Waals surface area contributed by atoms with Gasteiger partial charge in [0.25, 0.3) is 5.56 Å². The molecule has 1 aliphatic carbocycles. The van der Waals surface area contributed by atoms with Crippen LogP contribution in [0.5, 0.6) is 0 Å². The van der Waals surface area contributed by atoms with Crippen molar-refractivity contribution in [1.82, 2.24) is 14.5 Å². The van der Waals surface area contributed by atoms with Crippen LogP contribution in [0.4, 0.5) is 18.9 Å². The fourth-order valence-electron chi connectivity index (χ4n) is 4.60. The standard InChI is InChI=1S/C23H23F3N4O2S/c24-23(25,26)15-3-1-4-16(13-15)29-10-7-28(8-11-29)9-12-30-14-27-21-19(22(30)32)17-5-2-6-18(31)20(17)33-21/h1,3-4,13-14H,2,5-12H2. The first-order valence-corrected chi connectivity index (χ1v) is 11.8. The Morgan fingerprint density at radius 2 is 1.82 bits per heavy atom. The average Bonchev–Trinajstić information content (AvgIpc) is 3.19. The molecule has 2 aliphatic rings. The number of carbonyl (C=O) groups excluding carboxylic acids is 1. The van der Waals surface area contributed by atoms with Crippen LogP contribution >= 0.6 is 11.3 Å². The zero-order chi connectivity index (χ0) is 23.2. The third kappa shape index (κ3) is 4.29. The Balaban J connectivity index is 1.24. The van der Waals surface area contributed by atoms with Crippen LogP contribution in [0.3, 0.4) is 0 Å². The molecular formula is C23H23F3N4O2S. The maximum Gasteiger partial charge on any atom is 0.416 e. The van der Waals surface area contributed by atoms with Crippen LogP contribution in [0.2, 0.25) is 0 Å². The molecule has 1 saturated heterocycles. The third-order valence-electron chi connectivity index (χ3n) is 6.43. The van der Waals surface area contributed by atoms with E-state index >= 15 is 0 Å². The molecule has 0 spiro atoms. The zero-order valence-corrected chi connectivity index (χ0v) is 18.7. The Bertz CT molecular complexity index is 1260. The van der Waals surface area contributed by atoms with Crippen LogP contribution in [0, 0.1) is 0 Å². The van der Waals surface area contributed by atoms with Gasteiger partial charge in [-0.15, -0.1) is 11.3 Å². The van der Waals surface area contributed by atoms with Crippen LogP contribution < -0.4 is 10.5 Å². The monoisotopic (exact) mass is 476 g/mol. The van der Waals surface area contributed by atoms with Crippen LogP contribution in [0.15, 0.2) is 35.4 Å². The van der Waals surface area contributed by atoms with Crippen molar-refractivity contribution in [3.63, 3.8) is 0 Å². The van der Waals surface area contributed by atoms with Crippen molar-refractivity contribution in [2.24, 2.45) is 0 Å². The minimum absolute atomic E-state index is 0.101. The van der Waals surface area contributed by atoms with Gasteiger partial charge < -0.3 is 4.90 Å². The van der Waals surface area contributed by atoms with E-state index in [1.54, 1.807) is 17.0 Å². The Morgan fingerprint density at radius 1 is 1.03 bits per heavy atom. The van der Waals surface area contributed by atoms with E-state index in [2.05, 4.69) is 9.88 Å². The number of alkyl halides is 3. The Labute approximate surface area is 192 Å². The molecule has 2 aromatic heterocycles. The van der Waals surface area contributed by atoms with Gasteiger partial charge in [0.05, 0.1) is 22.2 Å². The van der Waals surface area contributed by atoms with Gasteiger partial charge in [-0.1, -0.05) is 6.07 Å². The SMILES string of the molecule is O=C1CCCc2c1sc1ncn(CCN3CCN(c4cccc(C(F)(F)F)c4)CC3)c(=O)c21. The molecule has 0 radical (unpaired) electrons. The van der Waals surface area contributed by atoms with E-state index in [1.165, 1.54) is 23.5 Å². The van der Waals surface area contributed by atoms with E-state index < -0.39 is 11.7 Å². The van der Waals surface area contributed by atoms with Gasteiger partial charge >= 0.3 is 6.18 Å². The predicted octanol–water partition coefficient (Wildman–Crippen LogP) is 3.82. The molecule has 3 heterocycles. The van der Waals surface area contributed by atoms with E-state index in [0.717, 1.165) is 24.5 Å². The molecule has 1 aromatic carbocycles. The van der Waals surface area contributed by atoms with Crippen molar-refractivity contribution in [2.75, 3.05) is 37.6 Å². The van der Waals surface area contributed by atoms with Crippen molar-refractivity contribution >= 4 is 33.0 Å². The van der Waals surface area contributed by atoms with E-state index in [-0.39, 0.29) is 11.3 Å². The number of piperazine rings is 1. The van der Waals surface area contributed by atoms with Crippen LogP contribution in [-0.2, 0) is 19.1 Å². The summed E-state index contributed by atoms with van der Waals surface area (Å²) in [5.74, 6) is 0.101. The van der Waals surface area contributed by atoms with Gasteiger partial charge in [0.2, 0.25) is 0 Å². The molecule has 1 aliphatic heterocycles. The number of anilines is 1. The van der Waals surface area contributed by atoms with Crippen molar-refractivity contribution in [3.8, 4) is 0 Å².